The number of para-hydroxylation sites is 1. The van der Waals surface area contributed by atoms with E-state index in [0.717, 1.165) is 22.9 Å². The van der Waals surface area contributed by atoms with Crippen LogP contribution < -0.4 is 10.6 Å². The van der Waals surface area contributed by atoms with Crippen LogP contribution in [-0.2, 0) is 0 Å². The SMILES string of the molecule is O=C(Nc1ccccc1C(=O)NC1CC1)c1cc2ccccc2s1. The van der Waals surface area contributed by atoms with E-state index in [0.29, 0.717) is 16.1 Å². The number of thiophene rings is 1. The molecule has 3 aromatic rings. The van der Waals surface area contributed by atoms with Crippen LogP contribution in [0.25, 0.3) is 10.1 Å². The molecule has 0 atom stereocenters. The van der Waals surface area contributed by atoms with Gasteiger partial charge in [0, 0.05) is 10.7 Å². The highest BCUT2D eigenvalue weighted by molar-refractivity contribution is 7.20. The molecule has 1 saturated carbocycles. The first-order chi connectivity index (χ1) is 11.7. The minimum atomic E-state index is -0.192. The van der Waals surface area contributed by atoms with E-state index in [9.17, 15) is 9.59 Å². The Morgan fingerprint density at radius 2 is 1.71 bits per heavy atom. The lowest BCUT2D eigenvalue weighted by Crippen LogP contribution is -2.26. The molecule has 1 heterocycles. The maximum absolute atomic E-state index is 12.6. The van der Waals surface area contributed by atoms with Gasteiger partial charge in [-0.25, -0.2) is 0 Å². The Balaban J connectivity index is 1.58. The number of nitrogens with one attached hydrogen (secondary N) is 2. The summed E-state index contributed by atoms with van der Waals surface area (Å²) in [5.41, 5.74) is 1.04. The van der Waals surface area contributed by atoms with Gasteiger partial charge in [0.15, 0.2) is 0 Å². The summed E-state index contributed by atoms with van der Waals surface area (Å²) < 4.78 is 1.07. The Bertz CT molecular complexity index is 895. The number of rotatable bonds is 4. The van der Waals surface area contributed by atoms with E-state index in [1.54, 1.807) is 18.2 Å². The zero-order valence-corrected chi connectivity index (χ0v) is 13.7. The Kier molecular flexibility index (Phi) is 3.78. The Morgan fingerprint density at radius 3 is 2.50 bits per heavy atom. The van der Waals surface area contributed by atoms with Crippen molar-refractivity contribution in [1.29, 1.82) is 0 Å². The van der Waals surface area contributed by atoms with Gasteiger partial charge in [-0.15, -0.1) is 11.3 Å². The third-order valence-electron chi connectivity index (χ3n) is 3.98. The molecule has 4 rings (SSSR count). The van der Waals surface area contributed by atoms with Gasteiger partial charge in [0.2, 0.25) is 0 Å². The molecule has 0 bridgehead atoms. The van der Waals surface area contributed by atoms with Gasteiger partial charge in [0.1, 0.15) is 0 Å². The highest BCUT2D eigenvalue weighted by Crippen LogP contribution is 2.27. The molecule has 1 aliphatic carbocycles. The molecule has 0 radical (unpaired) electrons. The second-order valence-electron chi connectivity index (χ2n) is 5.90. The number of benzene rings is 2. The predicted octanol–water partition coefficient (Wildman–Crippen LogP) is 4.05. The second kappa shape index (κ2) is 6.09. The average molecular weight is 336 g/mol. The number of amides is 2. The fourth-order valence-electron chi connectivity index (χ4n) is 2.56. The lowest BCUT2D eigenvalue weighted by Gasteiger charge is -2.10. The molecule has 0 spiro atoms. The van der Waals surface area contributed by atoms with Crippen LogP contribution in [0.3, 0.4) is 0 Å². The van der Waals surface area contributed by atoms with E-state index < -0.39 is 0 Å². The monoisotopic (exact) mass is 336 g/mol. The van der Waals surface area contributed by atoms with Crippen molar-refractivity contribution in [3.8, 4) is 0 Å². The lowest BCUT2D eigenvalue weighted by atomic mass is 10.1. The van der Waals surface area contributed by atoms with Crippen molar-refractivity contribution in [2.75, 3.05) is 5.32 Å². The minimum Gasteiger partial charge on any atom is -0.349 e. The standard InChI is InChI=1S/C19H16N2O2S/c22-18(20-13-9-10-13)14-6-2-3-7-15(14)21-19(23)17-11-12-5-1-4-8-16(12)24-17/h1-8,11,13H,9-10H2,(H,20,22)(H,21,23). The smallest absolute Gasteiger partial charge is 0.265 e. The molecule has 0 saturated heterocycles. The summed E-state index contributed by atoms with van der Waals surface area (Å²) in [6.45, 7) is 0. The number of anilines is 1. The molecule has 5 heteroatoms. The van der Waals surface area contributed by atoms with Crippen LogP contribution in [0.1, 0.15) is 32.9 Å². The Hall–Kier alpha value is -2.66. The zero-order valence-electron chi connectivity index (χ0n) is 12.9. The van der Waals surface area contributed by atoms with Crippen molar-refractivity contribution in [2.24, 2.45) is 0 Å². The molecule has 1 aromatic heterocycles. The van der Waals surface area contributed by atoms with Gasteiger partial charge in [0.25, 0.3) is 11.8 Å². The molecule has 2 N–H and O–H groups in total. The summed E-state index contributed by atoms with van der Waals surface area (Å²) in [7, 11) is 0. The van der Waals surface area contributed by atoms with Crippen molar-refractivity contribution < 1.29 is 9.59 Å². The van der Waals surface area contributed by atoms with Gasteiger partial charge in [-0.3, -0.25) is 9.59 Å². The lowest BCUT2D eigenvalue weighted by molar-refractivity contribution is 0.0952. The summed E-state index contributed by atoms with van der Waals surface area (Å²) in [5, 5.41) is 6.88. The van der Waals surface area contributed by atoms with E-state index in [2.05, 4.69) is 10.6 Å². The predicted molar refractivity (Wildman–Crippen MR) is 96.7 cm³/mol. The van der Waals surface area contributed by atoms with Gasteiger partial charge in [0.05, 0.1) is 16.1 Å². The molecule has 1 aliphatic rings. The Labute approximate surface area is 143 Å². The first kappa shape index (κ1) is 14.9. The van der Waals surface area contributed by atoms with Crippen LogP contribution in [0.2, 0.25) is 0 Å². The van der Waals surface area contributed by atoms with E-state index in [1.807, 2.05) is 36.4 Å². The maximum atomic E-state index is 12.6. The van der Waals surface area contributed by atoms with Crippen LogP contribution in [0.5, 0.6) is 0 Å². The van der Waals surface area contributed by atoms with Crippen molar-refractivity contribution in [1.82, 2.24) is 5.32 Å². The summed E-state index contributed by atoms with van der Waals surface area (Å²) >= 11 is 1.45. The third-order valence-corrected chi connectivity index (χ3v) is 5.10. The first-order valence-corrected chi connectivity index (χ1v) is 8.72. The van der Waals surface area contributed by atoms with Crippen LogP contribution in [0.4, 0.5) is 5.69 Å². The first-order valence-electron chi connectivity index (χ1n) is 7.90. The molecule has 2 amide bonds. The fraction of sp³-hybridized carbons (Fsp3) is 0.158. The molecular formula is C19H16N2O2S. The van der Waals surface area contributed by atoms with Crippen molar-refractivity contribution in [3.05, 3.63) is 65.0 Å². The van der Waals surface area contributed by atoms with Gasteiger partial charge < -0.3 is 10.6 Å². The zero-order chi connectivity index (χ0) is 16.5. The number of carbonyl (C=O) groups excluding carboxylic acids is 2. The maximum Gasteiger partial charge on any atom is 0.265 e. The number of carbonyl (C=O) groups is 2. The van der Waals surface area contributed by atoms with Gasteiger partial charge >= 0.3 is 0 Å². The van der Waals surface area contributed by atoms with Crippen LogP contribution in [0.15, 0.2) is 54.6 Å². The van der Waals surface area contributed by atoms with Gasteiger partial charge in [-0.05, 0) is 42.5 Å². The largest absolute Gasteiger partial charge is 0.349 e. The average Bonchev–Trinajstić information content (AvgIpc) is 3.29. The molecular weight excluding hydrogens is 320 g/mol. The molecule has 2 aromatic carbocycles. The minimum absolute atomic E-state index is 0.134. The van der Waals surface area contributed by atoms with Crippen molar-refractivity contribution in [2.45, 2.75) is 18.9 Å². The van der Waals surface area contributed by atoms with E-state index in [1.165, 1.54) is 11.3 Å². The number of hydrogen-bond acceptors (Lipinski definition) is 3. The fourth-order valence-corrected chi connectivity index (χ4v) is 3.52. The highest BCUT2D eigenvalue weighted by Gasteiger charge is 2.25. The topological polar surface area (TPSA) is 58.2 Å². The normalized spacial score (nSPS) is 13.7. The van der Waals surface area contributed by atoms with E-state index in [-0.39, 0.29) is 17.9 Å². The third kappa shape index (κ3) is 3.03. The summed E-state index contributed by atoms with van der Waals surface area (Å²) in [5.74, 6) is -0.326. The number of hydrogen-bond donors (Lipinski definition) is 2. The summed E-state index contributed by atoms with van der Waals surface area (Å²) in [6, 6.07) is 17.2. The van der Waals surface area contributed by atoms with Gasteiger partial charge in [-0.1, -0.05) is 30.3 Å². The Morgan fingerprint density at radius 1 is 0.958 bits per heavy atom. The molecule has 24 heavy (non-hydrogen) atoms. The van der Waals surface area contributed by atoms with E-state index in [4.69, 9.17) is 0 Å². The molecule has 120 valence electrons. The molecule has 4 nitrogen and oxygen atoms in total. The molecule has 0 aliphatic heterocycles. The molecule has 0 unspecified atom stereocenters. The van der Waals surface area contributed by atoms with E-state index >= 15 is 0 Å². The van der Waals surface area contributed by atoms with Crippen LogP contribution >= 0.6 is 11.3 Å². The summed E-state index contributed by atoms with van der Waals surface area (Å²) in [4.78, 5) is 25.5. The number of fused-ring (bicyclic) bond motifs is 1. The van der Waals surface area contributed by atoms with Crippen molar-refractivity contribution >= 4 is 38.9 Å². The highest BCUT2D eigenvalue weighted by atomic mass is 32.1. The van der Waals surface area contributed by atoms with Crippen molar-refractivity contribution in [3.63, 3.8) is 0 Å². The molecule has 1 fully saturated rings. The quantitative estimate of drug-likeness (QED) is 0.755. The van der Waals surface area contributed by atoms with Gasteiger partial charge in [-0.2, -0.15) is 0 Å². The summed E-state index contributed by atoms with van der Waals surface area (Å²) in [6.07, 6.45) is 2.06. The second-order valence-corrected chi connectivity index (χ2v) is 6.98. The van der Waals surface area contributed by atoms with Crippen LogP contribution in [-0.4, -0.2) is 17.9 Å². The van der Waals surface area contributed by atoms with Crippen LogP contribution in [0, 0.1) is 0 Å².